The second-order valence-corrected chi connectivity index (χ2v) is 6.12. The van der Waals surface area contributed by atoms with Crippen LogP contribution in [0.4, 0.5) is 17.5 Å². The van der Waals surface area contributed by atoms with Crippen LogP contribution in [0.25, 0.3) is 0 Å². The molecule has 0 bridgehead atoms. The largest absolute Gasteiger partial charge is 0.486 e. The van der Waals surface area contributed by atoms with Crippen LogP contribution in [0.5, 0.6) is 11.5 Å². The van der Waals surface area contributed by atoms with Crippen molar-refractivity contribution in [3.63, 3.8) is 0 Å². The Balaban J connectivity index is 1.51. The van der Waals surface area contributed by atoms with E-state index in [1.54, 1.807) is 0 Å². The van der Waals surface area contributed by atoms with Crippen LogP contribution >= 0.6 is 0 Å². The number of anilines is 3. The lowest BCUT2D eigenvalue weighted by Gasteiger charge is -2.22. The van der Waals surface area contributed by atoms with Crippen LogP contribution in [0, 0.1) is 0 Å². The van der Waals surface area contributed by atoms with Crippen molar-refractivity contribution < 1.29 is 9.47 Å². The van der Waals surface area contributed by atoms with Crippen LogP contribution in [0.3, 0.4) is 0 Å². The van der Waals surface area contributed by atoms with Crippen molar-refractivity contribution >= 4 is 17.5 Å². The van der Waals surface area contributed by atoms with Crippen molar-refractivity contribution in [2.24, 2.45) is 0 Å². The number of nitrogens with zero attached hydrogens (tertiary/aromatic N) is 3. The third-order valence-electron chi connectivity index (χ3n) is 4.37. The lowest BCUT2D eigenvalue weighted by molar-refractivity contribution is 0.171. The molecule has 1 N–H and O–H groups in total. The standard InChI is InChI=1S/C18H22N4O2/c1-2-4-10-22(9-3-1)17-7-8-19-18(21-17)20-14-5-6-15-16(13-14)24-12-11-23-15/h5-8,13H,1-4,9-12H2,(H,19,20,21). The zero-order valence-electron chi connectivity index (χ0n) is 13.7. The topological polar surface area (TPSA) is 59.5 Å². The first kappa shape index (κ1) is 15.1. The Bertz CT molecular complexity index is 699. The molecule has 0 radical (unpaired) electrons. The maximum absolute atomic E-state index is 5.62. The molecule has 0 spiro atoms. The molecule has 126 valence electrons. The smallest absolute Gasteiger partial charge is 0.229 e. The molecule has 6 nitrogen and oxygen atoms in total. The normalized spacial score (nSPS) is 17.2. The zero-order chi connectivity index (χ0) is 16.2. The van der Waals surface area contributed by atoms with Gasteiger partial charge in [0, 0.05) is 31.0 Å². The summed E-state index contributed by atoms with van der Waals surface area (Å²) in [6.07, 6.45) is 6.89. The second kappa shape index (κ2) is 6.95. The van der Waals surface area contributed by atoms with Crippen molar-refractivity contribution in [1.82, 2.24) is 9.97 Å². The number of rotatable bonds is 3. The molecule has 3 heterocycles. The van der Waals surface area contributed by atoms with Crippen LogP contribution in [-0.2, 0) is 0 Å². The Morgan fingerprint density at radius 1 is 0.917 bits per heavy atom. The quantitative estimate of drug-likeness (QED) is 0.933. The molecule has 2 aromatic rings. The van der Waals surface area contributed by atoms with Gasteiger partial charge in [-0.15, -0.1) is 0 Å². The molecule has 2 aliphatic heterocycles. The van der Waals surface area contributed by atoms with Gasteiger partial charge >= 0.3 is 0 Å². The van der Waals surface area contributed by atoms with E-state index in [-0.39, 0.29) is 0 Å². The highest BCUT2D eigenvalue weighted by Crippen LogP contribution is 2.33. The molecule has 1 saturated heterocycles. The fourth-order valence-electron chi connectivity index (χ4n) is 3.14. The molecule has 1 aromatic heterocycles. The first-order valence-corrected chi connectivity index (χ1v) is 8.63. The Labute approximate surface area is 141 Å². The van der Waals surface area contributed by atoms with Gasteiger partial charge in [-0.1, -0.05) is 12.8 Å². The molecular weight excluding hydrogens is 304 g/mol. The first-order chi connectivity index (χ1) is 11.9. The number of benzene rings is 1. The molecule has 0 aliphatic carbocycles. The van der Waals surface area contributed by atoms with E-state index in [9.17, 15) is 0 Å². The van der Waals surface area contributed by atoms with Crippen LogP contribution in [0.15, 0.2) is 30.5 Å². The highest BCUT2D eigenvalue weighted by Gasteiger charge is 2.14. The third kappa shape index (κ3) is 3.37. The van der Waals surface area contributed by atoms with Gasteiger partial charge in [0.1, 0.15) is 19.0 Å². The van der Waals surface area contributed by atoms with E-state index in [1.165, 1.54) is 25.7 Å². The van der Waals surface area contributed by atoms with E-state index >= 15 is 0 Å². The number of hydrogen-bond acceptors (Lipinski definition) is 6. The molecule has 6 heteroatoms. The minimum atomic E-state index is 0.581. The van der Waals surface area contributed by atoms with Crippen molar-refractivity contribution in [1.29, 1.82) is 0 Å². The Hall–Kier alpha value is -2.50. The first-order valence-electron chi connectivity index (χ1n) is 8.63. The van der Waals surface area contributed by atoms with E-state index in [0.29, 0.717) is 19.2 Å². The molecule has 1 fully saturated rings. The lowest BCUT2D eigenvalue weighted by atomic mass is 10.2. The predicted octanol–water partition coefficient (Wildman–Crippen LogP) is 3.37. The van der Waals surface area contributed by atoms with Crippen LogP contribution in [0.1, 0.15) is 25.7 Å². The number of ether oxygens (including phenoxy) is 2. The molecule has 2 aliphatic rings. The summed E-state index contributed by atoms with van der Waals surface area (Å²) in [6.45, 7) is 3.32. The summed E-state index contributed by atoms with van der Waals surface area (Å²) in [5.41, 5.74) is 0.896. The number of hydrogen-bond donors (Lipinski definition) is 1. The Kier molecular flexibility index (Phi) is 4.36. The molecule has 24 heavy (non-hydrogen) atoms. The fourth-order valence-corrected chi connectivity index (χ4v) is 3.14. The molecule has 0 atom stereocenters. The van der Waals surface area contributed by atoms with Crippen LogP contribution in [0.2, 0.25) is 0 Å². The van der Waals surface area contributed by atoms with Gasteiger partial charge in [0.15, 0.2) is 11.5 Å². The average molecular weight is 326 g/mol. The van der Waals surface area contributed by atoms with E-state index in [4.69, 9.17) is 9.47 Å². The Morgan fingerprint density at radius 3 is 2.54 bits per heavy atom. The summed E-state index contributed by atoms with van der Waals surface area (Å²) in [5, 5.41) is 3.26. The van der Waals surface area contributed by atoms with E-state index in [2.05, 4.69) is 20.2 Å². The van der Waals surface area contributed by atoms with Gasteiger partial charge in [-0.25, -0.2) is 4.98 Å². The summed E-state index contributed by atoms with van der Waals surface area (Å²) in [7, 11) is 0. The summed E-state index contributed by atoms with van der Waals surface area (Å²) in [4.78, 5) is 11.4. The zero-order valence-corrected chi connectivity index (χ0v) is 13.7. The maximum atomic E-state index is 5.62. The lowest BCUT2D eigenvalue weighted by Crippen LogP contribution is -2.25. The van der Waals surface area contributed by atoms with Gasteiger partial charge in [0.05, 0.1) is 0 Å². The number of fused-ring (bicyclic) bond motifs is 1. The average Bonchev–Trinajstić information content (AvgIpc) is 2.91. The molecular formula is C18H22N4O2. The van der Waals surface area contributed by atoms with E-state index in [1.807, 2.05) is 30.5 Å². The molecule has 0 saturated carbocycles. The number of aromatic nitrogens is 2. The highest BCUT2D eigenvalue weighted by molar-refractivity contribution is 5.60. The molecule has 4 rings (SSSR count). The third-order valence-corrected chi connectivity index (χ3v) is 4.37. The predicted molar refractivity (Wildman–Crippen MR) is 93.4 cm³/mol. The van der Waals surface area contributed by atoms with Gasteiger partial charge in [-0.05, 0) is 31.0 Å². The SMILES string of the molecule is c1cc(N2CCCCCC2)nc(Nc2ccc3c(c2)OCCO3)n1. The monoisotopic (exact) mass is 326 g/mol. The summed E-state index contributed by atoms with van der Waals surface area (Å²) >= 11 is 0. The van der Waals surface area contributed by atoms with Crippen molar-refractivity contribution in [3.05, 3.63) is 30.5 Å². The van der Waals surface area contributed by atoms with Crippen LogP contribution in [-0.4, -0.2) is 36.3 Å². The van der Waals surface area contributed by atoms with Crippen LogP contribution < -0.4 is 19.7 Å². The number of nitrogens with one attached hydrogen (secondary N) is 1. The van der Waals surface area contributed by atoms with Gasteiger partial charge in [0.25, 0.3) is 0 Å². The highest BCUT2D eigenvalue weighted by atomic mass is 16.6. The molecule has 0 unspecified atom stereocenters. The van der Waals surface area contributed by atoms with Gasteiger partial charge in [-0.2, -0.15) is 4.98 Å². The van der Waals surface area contributed by atoms with Gasteiger partial charge < -0.3 is 19.7 Å². The molecule has 1 aromatic carbocycles. The van der Waals surface area contributed by atoms with Crippen molar-refractivity contribution in [2.75, 3.05) is 36.5 Å². The minimum absolute atomic E-state index is 0.581. The van der Waals surface area contributed by atoms with Gasteiger partial charge in [-0.3, -0.25) is 0 Å². The van der Waals surface area contributed by atoms with Gasteiger partial charge in [0.2, 0.25) is 5.95 Å². The second-order valence-electron chi connectivity index (χ2n) is 6.12. The summed E-state index contributed by atoms with van der Waals surface area (Å²) < 4.78 is 11.2. The maximum Gasteiger partial charge on any atom is 0.229 e. The fraction of sp³-hybridized carbons (Fsp3) is 0.444. The summed E-state index contributed by atoms with van der Waals surface area (Å²) in [5.74, 6) is 3.14. The Morgan fingerprint density at radius 2 is 1.71 bits per heavy atom. The van der Waals surface area contributed by atoms with Crippen molar-refractivity contribution in [2.45, 2.75) is 25.7 Å². The van der Waals surface area contributed by atoms with E-state index in [0.717, 1.165) is 36.1 Å². The summed E-state index contributed by atoms with van der Waals surface area (Å²) in [6, 6.07) is 7.78. The van der Waals surface area contributed by atoms with E-state index < -0.39 is 0 Å². The molecule has 0 amide bonds. The minimum Gasteiger partial charge on any atom is -0.486 e. The van der Waals surface area contributed by atoms with Crippen molar-refractivity contribution in [3.8, 4) is 11.5 Å².